The van der Waals surface area contributed by atoms with Gasteiger partial charge in [-0.1, -0.05) is 0 Å². The fourth-order valence-electron chi connectivity index (χ4n) is 2.31. The lowest BCUT2D eigenvalue weighted by Gasteiger charge is -2.27. The number of aliphatic imine (C=N–C) groups is 1. The van der Waals surface area contributed by atoms with Crippen molar-refractivity contribution in [3.05, 3.63) is 0 Å². The molecule has 1 aliphatic carbocycles. The van der Waals surface area contributed by atoms with Crippen molar-refractivity contribution < 1.29 is 9.47 Å². The van der Waals surface area contributed by atoms with Gasteiger partial charge in [-0.2, -0.15) is 10.5 Å². The molecule has 0 bridgehead atoms. The van der Waals surface area contributed by atoms with Crippen molar-refractivity contribution >= 4 is 5.84 Å². The molecule has 1 heterocycles. The van der Waals surface area contributed by atoms with Gasteiger partial charge in [-0.3, -0.25) is 0 Å². The van der Waals surface area contributed by atoms with E-state index in [2.05, 4.69) is 11.1 Å². The summed E-state index contributed by atoms with van der Waals surface area (Å²) < 4.78 is 10.3. The zero-order valence-electron chi connectivity index (χ0n) is 8.44. The van der Waals surface area contributed by atoms with Crippen LogP contribution in [0.25, 0.3) is 0 Å². The van der Waals surface area contributed by atoms with Crippen LogP contribution in [0.3, 0.4) is 0 Å². The standard InChI is InChI=1S/C9H10N4O2/c1-14-9(15-2)8(5-11)3-7(8,4-10)6(12)13-9/h3H2,1-2H3,(H2,12,13)/t7-,8+/m1/s1. The van der Waals surface area contributed by atoms with Crippen LogP contribution in [-0.2, 0) is 9.47 Å². The SMILES string of the molecule is COC1(OC)N=C(N)[C@]2(C#N)C[C@@]12C#N. The number of fused-ring (bicyclic) bond motifs is 1. The lowest BCUT2D eigenvalue weighted by molar-refractivity contribution is -0.229. The van der Waals surface area contributed by atoms with Gasteiger partial charge in [0.1, 0.15) is 11.3 Å². The number of rotatable bonds is 2. The summed E-state index contributed by atoms with van der Waals surface area (Å²) in [5.41, 5.74) is 3.54. The van der Waals surface area contributed by atoms with Crippen LogP contribution in [0.15, 0.2) is 4.99 Å². The van der Waals surface area contributed by atoms with Gasteiger partial charge in [0.2, 0.25) is 0 Å². The maximum atomic E-state index is 9.19. The highest BCUT2D eigenvalue weighted by atomic mass is 16.7. The van der Waals surface area contributed by atoms with Crippen LogP contribution in [0.2, 0.25) is 0 Å². The van der Waals surface area contributed by atoms with Gasteiger partial charge in [-0.05, 0) is 0 Å². The highest BCUT2D eigenvalue weighted by Crippen LogP contribution is 2.73. The van der Waals surface area contributed by atoms with E-state index in [1.807, 2.05) is 6.07 Å². The van der Waals surface area contributed by atoms with E-state index in [0.717, 1.165) is 0 Å². The van der Waals surface area contributed by atoms with E-state index in [-0.39, 0.29) is 5.84 Å². The van der Waals surface area contributed by atoms with Gasteiger partial charge in [0.25, 0.3) is 5.91 Å². The summed E-state index contributed by atoms with van der Waals surface area (Å²) in [4.78, 5) is 3.98. The maximum Gasteiger partial charge on any atom is 0.292 e. The van der Waals surface area contributed by atoms with Crippen molar-refractivity contribution in [3.8, 4) is 12.1 Å². The van der Waals surface area contributed by atoms with Crippen LogP contribution < -0.4 is 5.73 Å². The fraction of sp³-hybridized carbons (Fsp3) is 0.667. The number of hydrogen-bond acceptors (Lipinski definition) is 6. The molecule has 1 fully saturated rings. The molecule has 78 valence electrons. The van der Waals surface area contributed by atoms with Crippen LogP contribution in [-0.4, -0.2) is 26.0 Å². The molecule has 0 amide bonds. The Morgan fingerprint density at radius 1 is 1.33 bits per heavy atom. The minimum absolute atomic E-state index is 0.121. The summed E-state index contributed by atoms with van der Waals surface area (Å²) in [6.45, 7) is 0. The molecule has 0 saturated heterocycles. The molecule has 6 heteroatoms. The Balaban J connectivity index is 2.59. The van der Waals surface area contributed by atoms with Gasteiger partial charge in [-0.25, -0.2) is 4.99 Å². The number of nitrogens with two attached hydrogens (primary N) is 1. The Morgan fingerprint density at radius 3 is 2.27 bits per heavy atom. The van der Waals surface area contributed by atoms with Crippen molar-refractivity contribution in [2.75, 3.05) is 14.2 Å². The normalized spacial score (nSPS) is 39.9. The summed E-state index contributed by atoms with van der Waals surface area (Å²) in [6.07, 6.45) is 0.310. The first-order valence-electron chi connectivity index (χ1n) is 4.36. The predicted molar refractivity (Wildman–Crippen MR) is 49.1 cm³/mol. The molecule has 15 heavy (non-hydrogen) atoms. The Hall–Kier alpha value is -1.63. The smallest absolute Gasteiger partial charge is 0.292 e. The molecule has 0 unspecified atom stereocenters. The minimum Gasteiger partial charge on any atom is -0.386 e. The third-order valence-electron chi connectivity index (χ3n) is 3.31. The van der Waals surface area contributed by atoms with Crippen molar-refractivity contribution in [2.24, 2.45) is 21.6 Å². The number of amidine groups is 1. The quantitative estimate of drug-likeness (QED) is 0.626. The van der Waals surface area contributed by atoms with E-state index in [1.54, 1.807) is 0 Å². The highest BCUT2D eigenvalue weighted by molar-refractivity contribution is 5.97. The molecule has 0 aromatic rings. The van der Waals surface area contributed by atoms with E-state index >= 15 is 0 Å². The molecule has 2 aliphatic rings. The average Bonchev–Trinajstić information content (AvgIpc) is 2.92. The van der Waals surface area contributed by atoms with Gasteiger partial charge in [0.05, 0.1) is 12.1 Å². The molecule has 0 aromatic carbocycles. The molecule has 2 N–H and O–H groups in total. The third-order valence-corrected chi connectivity index (χ3v) is 3.31. The largest absolute Gasteiger partial charge is 0.386 e. The Kier molecular flexibility index (Phi) is 1.64. The molecule has 2 rings (SSSR count). The maximum absolute atomic E-state index is 9.19. The first-order valence-corrected chi connectivity index (χ1v) is 4.36. The lowest BCUT2D eigenvalue weighted by atomic mass is 9.94. The Bertz CT molecular complexity index is 428. The second-order valence-corrected chi connectivity index (χ2v) is 3.70. The van der Waals surface area contributed by atoms with Crippen molar-refractivity contribution in [2.45, 2.75) is 12.3 Å². The second-order valence-electron chi connectivity index (χ2n) is 3.70. The second kappa shape index (κ2) is 2.48. The average molecular weight is 206 g/mol. The molecule has 1 saturated carbocycles. The fourth-order valence-corrected chi connectivity index (χ4v) is 2.31. The Labute approximate surface area is 86.9 Å². The van der Waals surface area contributed by atoms with E-state index in [0.29, 0.717) is 6.42 Å². The zero-order chi connectivity index (χ0) is 11.3. The van der Waals surface area contributed by atoms with Crippen LogP contribution in [0.5, 0.6) is 0 Å². The molecule has 0 spiro atoms. The number of nitriles is 2. The molecule has 0 radical (unpaired) electrons. The zero-order valence-corrected chi connectivity index (χ0v) is 8.44. The number of hydrogen-bond donors (Lipinski definition) is 1. The molecule has 2 atom stereocenters. The summed E-state index contributed by atoms with van der Waals surface area (Å²) in [7, 11) is 2.76. The Morgan fingerprint density at radius 2 is 1.93 bits per heavy atom. The monoisotopic (exact) mass is 206 g/mol. The molecular weight excluding hydrogens is 196 g/mol. The van der Waals surface area contributed by atoms with Crippen molar-refractivity contribution in [1.29, 1.82) is 10.5 Å². The van der Waals surface area contributed by atoms with Crippen LogP contribution in [0.4, 0.5) is 0 Å². The van der Waals surface area contributed by atoms with Gasteiger partial charge < -0.3 is 15.2 Å². The van der Waals surface area contributed by atoms with Crippen molar-refractivity contribution in [1.82, 2.24) is 0 Å². The van der Waals surface area contributed by atoms with Crippen LogP contribution in [0.1, 0.15) is 6.42 Å². The van der Waals surface area contributed by atoms with Crippen LogP contribution in [0, 0.1) is 33.5 Å². The van der Waals surface area contributed by atoms with E-state index < -0.39 is 16.7 Å². The topological polar surface area (TPSA) is 104 Å². The van der Waals surface area contributed by atoms with Gasteiger partial charge >= 0.3 is 0 Å². The summed E-state index contributed by atoms with van der Waals surface area (Å²) in [5.74, 6) is -1.31. The third kappa shape index (κ3) is 0.707. The first kappa shape index (κ1) is 9.91. The minimum atomic E-state index is -1.43. The van der Waals surface area contributed by atoms with Gasteiger partial charge in [0.15, 0.2) is 5.41 Å². The number of nitrogens with zero attached hydrogens (tertiary/aromatic N) is 3. The molecule has 6 nitrogen and oxygen atoms in total. The van der Waals surface area contributed by atoms with E-state index in [4.69, 9.17) is 20.5 Å². The molecular formula is C9H10N4O2. The van der Waals surface area contributed by atoms with Crippen LogP contribution >= 0.6 is 0 Å². The highest BCUT2D eigenvalue weighted by Gasteiger charge is 2.86. The van der Waals surface area contributed by atoms with Gasteiger partial charge in [-0.15, -0.1) is 0 Å². The molecule has 0 aromatic heterocycles. The van der Waals surface area contributed by atoms with Gasteiger partial charge in [0, 0.05) is 20.6 Å². The summed E-state index contributed by atoms with van der Waals surface area (Å²) in [5, 5.41) is 18.3. The first-order chi connectivity index (χ1) is 7.08. The van der Waals surface area contributed by atoms with E-state index in [1.165, 1.54) is 14.2 Å². The van der Waals surface area contributed by atoms with Crippen molar-refractivity contribution in [3.63, 3.8) is 0 Å². The molecule has 1 aliphatic heterocycles. The predicted octanol–water partition coefficient (Wildman–Crippen LogP) is -0.273. The summed E-state index contributed by atoms with van der Waals surface area (Å²) in [6, 6.07) is 4.10. The lowest BCUT2D eigenvalue weighted by Crippen LogP contribution is -2.40. The van der Waals surface area contributed by atoms with E-state index in [9.17, 15) is 5.26 Å². The number of ether oxygens (including phenoxy) is 2. The number of methoxy groups -OCH3 is 2. The summed E-state index contributed by atoms with van der Waals surface area (Å²) >= 11 is 0.